The van der Waals surface area contributed by atoms with E-state index in [4.69, 9.17) is 10.5 Å². The van der Waals surface area contributed by atoms with Crippen molar-refractivity contribution in [3.8, 4) is 5.75 Å². The Balaban J connectivity index is 0.750. The fourth-order valence-electron chi connectivity index (χ4n) is 8.93. The van der Waals surface area contributed by atoms with Crippen LogP contribution in [0.5, 0.6) is 5.75 Å². The summed E-state index contributed by atoms with van der Waals surface area (Å²) in [5, 5.41) is 7.93. The zero-order valence-corrected chi connectivity index (χ0v) is 35.4. The molecule has 0 spiro atoms. The van der Waals surface area contributed by atoms with Crippen molar-refractivity contribution >= 4 is 28.3 Å². The standard InChI is InChI=1S/C47H51F5N8O4/c48-40-8-5-32(25-42-36-3-1-2-4-37(36)45(62)55-54-42)23-38(40)46(63)60-21-19-59(20-22-60)44(61)29-58-17-15-57(16-18-58)27-31-11-13-56(14-12-31)28-34-26-35(53)7-10-43(34)64-30-33-6-9-41(49)39(24-33)47(50,51)52/h1-10,23-24,26,31H,11-22,25,27-30,53H2,(H,55,62). The number of nitrogens with zero attached hydrogens (tertiary/aromatic N) is 6. The molecule has 0 bridgehead atoms. The van der Waals surface area contributed by atoms with Gasteiger partial charge >= 0.3 is 6.18 Å². The zero-order valence-electron chi connectivity index (χ0n) is 35.4. The summed E-state index contributed by atoms with van der Waals surface area (Å²) >= 11 is 0. The number of benzene rings is 4. The van der Waals surface area contributed by atoms with Crippen molar-refractivity contribution in [3.63, 3.8) is 0 Å². The lowest BCUT2D eigenvalue weighted by Crippen LogP contribution is -2.55. The Bertz CT molecular complexity index is 2530. The molecule has 0 saturated carbocycles. The van der Waals surface area contributed by atoms with E-state index in [-0.39, 0.29) is 29.2 Å². The van der Waals surface area contributed by atoms with Crippen LogP contribution in [0.1, 0.15) is 51.1 Å². The number of aromatic amines is 1. The molecule has 12 nitrogen and oxygen atoms in total. The Morgan fingerprint density at radius 2 is 1.42 bits per heavy atom. The van der Waals surface area contributed by atoms with Gasteiger partial charge < -0.3 is 25.2 Å². The second-order valence-corrected chi connectivity index (χ2v) is 17.0. The van der Waals surface area contributed by atoms with Crippen LogP contribution >= 0.6 is 0 Å². The van der Waals surface area contributed by atoms with Crippen LogP contribution in [0.3, 0.4) is 0 Å². The topological polar surface area (TPSA) is 131 Å². The maximum absolute atomic E-state index is 15.0. The number of halogens is 5. The SMILES string of the molecule is Nc1ccc(OCc2ccc(F)c(C(F)(F)F)c2)c(CN2CCC(CN3CCN(CC(=O)N4CCN(C(=O)c5cc(Cc6n[nH]c(=O)c7ccccc67)ccc5F)CC4)CC3)CC2)c1. The van der Waals surface area contributed by atoms with Crippen LogP contribution in [0.15, 0.2) is 83.7 Å². The minimum atomic E-state index is -4.80. The Labute approximate surface area is 367 Å². The van der Waals surface area contributed by atoms with Crippen molar-refractivity contribution in [2.45, 2.75) is 38.6 Å². The number of hydrogen-bond donors (Lipinski definition) is 2. The van der Waals surface area contributed by atoms with E-state index in [1.165, 1.54) is 12.1 Å². The van der Waals surface area contributed by atoms with Crippen LogP contribution in [0.4, 0.5) is 27.6 Å². The molecule has 3 fully saturated rings. The van der Waals surface area contributed by atoms with E-state index in [2.05, 4.69) is 24.9 Å². The molecule has 338 valence electrons. The molecule has 17 heteroatoms. The van der Waals surface area contributed by atoms with Crippen LogP contribution < -0.4 is 16.0 Å². The number of carbonyl (C=O) groups excluding carboxylic acids is 2. The quantitative estimate of drug-likeness (QED) is 0.118. The third-order valence-corrected chi connectivity index (χ3v) is 12.6. The number of fused-ring (bicyclic) bond motifs is 1. The van der Waals surface area contributed by atoms with Crippen molar-refractivity contribution < 1.29 is 36.3 Å². The number of H-pyrrole nitrogens is 1. The summed E-state index contributed by atoms with van der Waals surface area (Å²) in [5.74, 6) is -1.32. The third-order valence-electron chi connectivity index (χ3n) is 12.6. The number of alkyl halides is 3. The van der Waals surface area contributed by atoms with Gasteiger partial charge in [0.15, 0.2) is 0 Å². The Morgan fingerprint density at radius 1 is 0.750 bits per heavy atom. The molecule has 1 aromatic heterocycles. The molecule has 3 aliphatic heterocycles. The maximum Gasteiger partial charge on any atom is 0.419 e. The van der Waals surface area contributed by atoms with Gasteiger partial charge in [-0.3, -0.25) is 24.2 Å². The van der Waals surface area contributed by atoms with Gasteiger partial charge in [-0.15, -0.1) is 0 Å². The number of nitrogens with one attached hydrogen (secondary N) is 1. The predicted molar refractivity (Wildman–Crippen MR) is 232 cm³/mol. The first-order valence-electron chi connectivity index (χ1n) is 21.6. The number of piperazine rings is 2. The van der Waals surface area contributed by atoms with Gasteiger partial charge in [0.25, 0.3) is 11.5 Å². The van der Waals surface area contributed by atoms with Gasteiger partial charge in [-0.1, -0.05) is 30.3 Å². The highest BCUT2D eigenvalue weighted by molar-refractivity contribution is 5.95. The maximum atomic E-state index is 15.0. The lowest BCUT2D eigenvalue weighted by atomic mass is 9.95. The summed E-state index contributed by atoms with van der Waals surface area (Å²) in [4.78, 5) is 49.5. The van der Waals surface area contributed by atoms with Gasteiger partial charge in [0.1, 0.15) is 24.0 Å². The lowest BCUT2D eigenvalue weighted by molar-refractivity contribution is -0.140. The molecule has 8 rings (SSSR count). The fraction of sp³-hybridized carbons (Fsp3) is 0.404. The summed E-state index contributed by atoms with van der Waals surface area (Å²) < 4.78 is 74.5. The molecular formula is C47H51F5N8O4. The molecule has 0 atom stereocenters. The fourth-order valence-corrected chi connectivity index (χ4v) is 8.93. The van der Waals surface area contributed by atoms with Crippen LogP contribution in [-0.4, -0.2) is 125 Å². The number of piperidine rings is 1. The predicted octanol–water partition coefficient (Wildman–Crippen LogP) is 5.79. The first-order valence-corrected chi connectivity index (χ1v) is 21.6. The lowest BCUT2D eigenvalue weighted by Gasteiger charge is -2.40. The second kappa shape index (κ2) is 19.5. The van der Waals surface area contributed by atoms with Gasteiger partial charge in [-0.25, -0.2) is 13.9 Å². The highest BCUT2D eigenvalue weighted by atomic mass is 19.4. The molecule has 0 radical (unpaired) electrons. The average Bonchev–Trinajstić information content (AvgIpc) is 3.29. The highest BCUT2D eigenvalue weighted by Crippen LogP contribution is 2.33. The van der Waals surface area contributed by atoms with Gasteiger partial charge in [0, 0.05) is 88.5 Å². The highest BCUT2D eigenvalue weighted by Gasteiger charge is 2.34. The molecule has 5 aromatic rings. The van der Waals surface area contributed by atoms with E-state index < -0.39 is 29.3 Å². The van der Waals surface area contributed by atoms with Crippen LogP contribution in [0.25, 0.3) is 10.8 Å². The number of likely N-dealkylation sites (tertiary alicyclic amines) is 1. The largest absolute Gasteiger partial charge is 0.489 e. The Hall–Kier alpha value is -5.91. The Kier molecular flexibility index (Phi) is 13.6. The number of hydrogen-bond acceptors (Lipinski definition) is 9. The van der Waals surface area contributed by atoms with Crippen molar-refractivity contribution in [2.24, 2.45) is 5.92 Å². The molecule has 3 aliphatic rings. The molecular weight excluding hydrogens is 836 g/mol. The molecule has 2 amide bonds. The molecule has 4 aromatic carbocycles. The van der Waals surface area contributed by atoms with Crippen molar-refractivity contribution in [1.82, 2.24) is 34.7 Å². The van der Waals surface area contributed by atoms with E-state index in [0.29, 0.717) is 85.1 Å². The van der Waals surface area contributed by atoms with Gasteiger partial charge in [-0.05, 0) is 91.5 Å². The minimum absolute atomic E-state index is 0.0153. The third kappa shape index (κ3) is 10.7. The second-order valence-electron chi connectivity index (χ2n) is 17.0. The van der Waals surface area contributed by atoms with Gasteiger partial charge in [0.2, 0.25) is 5.91 Å². The summed E-state index contributed by atoms with van der Waals surface area (Å²) in [6, 6.07) is 19.6. The number of nitrogen functional groups attached to an aromatic ring is 1. The monoisotopic (exact) mass is 886 g/mol. The number of rotatable bonds is 12. The van der Waals surface area contributed by atoms with E-state index in [9.17, 15) is 31.9 Å². The number of anilines is 1. The zero-order chi connectivity index (χ0) is 45.0. The van der Waals surface area contributed by atoms with E-state index in [1.54, 1.807) is 46.2 Å². The van der Waals surface area contributed by atoms with Crippen LogP contribution in [0.2, 0.25) is 0 Å². The first-order chi connectivity index (χ1) is 30.8. The number of ether oxygens (including phenoxy) is 1. The molecule has 3 N–H and O–H groups in total. The average molecular weight is 887 g/mol. The Morgan fingerprint density at radius 3 is 2.16 bits per heavy atom. The molecule has 3 saturated heterocycles. The molecule has 4 heterocycles. The normalized spacial score (nSPS) is 17.3. The number of aromatic nitrogens is 2. The number of amides is 2. The van der Waals surface area contributed by atoms with Crippen LogP contribution in [-0.2, 0) is 30.5 Å². The number of carbonyl (C=O) groups is 2. The number of nitrogens with two attached hydrogens (primary N) is 1. The van der Waals surface area contributed by atoms with Crippen molar-refractivity contribution in [2.75, 3.05) is 84.3 Å². The summed E-state index contributed by atoms with van der Waals surface area (Å²) in [7, 11) is 0. The summed E-state index contributed by atoms with van der Waals surface area (Å²) in [6.07, 6.45) is -2.49. The molecule has 0 aliphatic carbocycles. The van der Waals surface area contributed by atoms with E-state index in [1.807, 2.05) is 18.2 Å². The van der Waals surface area contributed by atoms with Crippen molar-refractivity contribution in [3.05, 3.63) is 134 Å². The van der Waals surface area contributed by atoms with Crippen LogP contribution in [0, 0.1) is 17.6 Å². The van der Waals surface area contributed by atoms with E-state index >= 15 is 4.39 Å². The first kappa shape index (κ1) is 44.7. The smallest absolute Gasteiger partial charge is 0.419 e. The van der Waals surface area contributed by atoms with Gasteiger partial charge in [-0.2, -0.15) is 18.3 Å². The summed E-state index contributed by atoms with van der Waals surface area (Å²) in [5.41, 5.74) is 7.34. The molecule has 0 unspecified atom stereocenters. The summed E-state index contributed by atoms with van der Waals surface area (Å²) in [6.45, 7) is 8.04. The minimum Gasteiger partial charge on any atom is -0.489 e. The van der Waals surface area contributed by atoms with E-state index in [0.717, 1.165) is 76.4 Å². The van der Waals surface area contributed by atoms with Crippen molar-refractivity contribution in [1.29, 1.82) is 0 Å². The van der Waals surface area contributed by atoms with Gasteiger partial charge in [0.05, 0.1) is 28.8 Å². The molecule has 64 heavy (non-hydrogen) atoms.